The quantitative estimate of drug-likeness (QED) is 0.528. The molecule has 0 saturated heterocycles. The van der Waals surface area contributed by atoms with Gasteiger partial charge in [-0.15, -0.1) is 0 Å². The molecule has 0 fully saturated rings. The zero-order valence-electron chi connectivity index (χ0n) is 13.5. The topological polar surface area (TPSA) is 24.8 Å². The first kappa shape index (κ1) is 17.6. The molecule has 0 amide bonds. The number of methoxy groups -OCH3 is 1. The van der Waals surface area contributed by atoms with Crippen molar-refractivity contribution in [2.75, 3.05) is 20.7 Å². The fourth-order valence-corrected chi connectivity index (χ4v) is 2.48. The maximum absolute atomic E-state index is 6.39. The molecule has 0 heterocycles. The summed E-state index contributed by atoms with van der Waals surface area (Å²) in [5.41, 5.74) is 2.80. The maximum Gasteiger partial charge on any atom is 0.118 e. The molecule has 122 valence electrons. The fourth-order valence-electron chi connectivity index (χ4n) is 2.02. The van der Waals surface area contributed by atoms with Crippen LogP contribution in [0.1, 0.15) is 18.1 Å². The van der Waals surface area contributed by atoms with Crippen LogP contribution in [0.15, 0.2) is 41.4 Å². The average Bonchev–Trinajstić information content (AvgIpc) is 2.57. The number of ether oxygens (including phenoxy) is 1. The lowest BCUT2D eigenvalue weighted by Gasteiger charge is -2.10. The molecular formula is C18H20Cl2N2O. The Hall–Kier alpha value is -1.71. The summed E-state index contributed by atoms with van der Waals surface area (Å²) >= 11 is 12.7. The number of nitrogens with zero attached hydrogens (tertiary/aromatic N) is 2. The van der Waals surface area contributed by atoms with E-state index < -0.39 is 0 Å². The summed E-state index contributed by atoms with van der Waals surface area (Å²) in [7, 11) is 3.61. The van der Waals surface area contributed by atoms with Crippen LogP contribution in [-0.2, 0) is 6.42 Å². The van der Waals surface area contributed by atoms with Gasteiger partial charge in [-0.1, -0.05) is 35.3 Å². The van der Waals surface area contributed by atoms with E-state index in [2.05, 4.69) is 11.9 Å². The van der Waals surface area contributed by atoms with E-state index in [9.17, 15) is 0 Å². The second-order valence-electron chi connectivity index (χ2n) is 5.24. The third-order valence-corrected chi connectivity index (χ3v) is 4.22. The summed E-state index contributed by atoms with van der Waals surface area (Å²) in [6.45, 7) is 2.93. The van der Waals surface area contributed by atoms with Gasteiger partial charge in [-0.05, 0) is 48.7 Å². The highest BCUT2D eigenvalue weighted by Gasteiger charge is 2.08. The van der Waals surface area contributed by atoms with E-state index in [4.69, 9.17) is 27.9 Å². The molecule has 3 nitrogen and oxygen atoms in total. The highest BCUT2D eigenvalue weighted by atomic mass is 35.5. The molecule has 2 rings (SSSR count). The molecule has 5 heteroatoms. The molecule has 0 aliphatic rings. The van der Waals surface area contributed by atoms with Gasteiger partial charge in [0, 0.05) is 18.6 Å². The highest BCUT2D eigenvalue weighted by Crippen LogP contribution is 2.32. The predicted octanol–water partition coefficient (Wildman–Crippen LogP) is 5.20. The SMILES string of the molecule is CCN(C)/C=N\c1cc(Cl)c(Cc2ccc(OC)cc2)cc1Cl. The van der Waals surface area contributed by atoms with Crippen molar-refractivity contribution >= 4 is 35.2 Å². The lowest BCUT2D eigenvalue weighted by molar-refractivity contribution is 0.414. The van der Waals surface area contributed by atoms with Crippen LogP contribution in [0.5, 0.6) is 5.75 Å². The first-order valence-corrected chi connectivity index (χ1v) is 8.14. The van der Waals surface area contributed by atoms with Crippen molar-refractivity contribution in [3.05, 3.63) is 57.6 Å². The summed E-state index contributed by atoms with van der Waals surface area (Å²) in [6, 6.07) is 11.6. The Kier molecular flexibility index (Phi) is 6.31. The van der Waals surface area contributed by atoms with E-state index in [1.165, 1.54) is 0 Å². The van der Waals surface area contributed by atoms with E-state index in [-0.39, 0.29) is 0 Å². The van der Waals surface area contributed by atoms with Gasteiger partial charge in [0.25, 0.3) is 0 Å². The lowest BCUT2D eigenvalue weighted by atomic mass is 10.0. The number of aliphatic imine (C=N–C) groups is 1. The Morgan fingerprint density at radius 2 is 1.83 bits per heavy atom. The first-order valence-electron chi connectivity index (χ1n) is 7.38. The number of benzene rings is 2. The zero-order valence-corrected chi connectivity index (χ0v) is 15.0. The molecule has 0 unspecified atom stereocenters. The third-order valence-electron chi connectivity index (χ3n) is 3.56. The summed E-state index contributed by atoms with van der Waals surface area (Å²) < 4.78 is 5.17. The second kappa shape index (κ2) is 8.23. The molecule has 0 aromatic heterocycles. The van der Waals surface area contributed by atoms with Gasteiger partial charge in [-0.3, -0.25) is 0 Å². The average molecular weight is 351 g/mol. The highest BCUT2D eigenvalue weighted by molar-refractivity contribution is 6.35. The van der Waals surface area contributed by atoms with E-state index in [1.807, 2.05) is 48.3 Å². The minimum absolute atomic E-state index is 0.596. The lowest BCUT2D eigenvalue weighted by Crippen LogP contribution is -2.14. The second-order valence-corrected chi connectivity index (χ2v) is 6.05. The van der Waals surface area contributed by atoms with Gasteiger partial charge in [0.1, 0.15) is 5.75 Å². The molecule has 23 heavy (non-hydrogen) atoms. The van der Waals surface area contributed by atoms with E-state index >= 15 is 0 Å². The van der Waals surface area contributed by atoms with Gasteiger partial charge in [-0.25, -0.2) is 4.99 Å². The van der Waals surface area contributed by atoms with Crippen molar-refractivity contribution in [1.82, 2.24) is 4.90 Å². The molecule has 2 aromatic carbocycles. The van der Waals surface area contributed by atoms with Crippen molar-refractivity contribution in [1.29, 1.82) is 0 Å². The van der Waals surface area contributed by atoms with Gasteiger partial charge >= 0.3 is 0 Å². The molecule has 0 atom stereocenters. The Balaban J connectivity index is 2.20. The first-order chi connectivity index (χ1) is 11.0. The molecule has 0 bridgehead atoms. The van der Waals surface area contributed by atoms with E-state index in [1.54, 1.807) is 13.4 Å². The van der Waals surface area contributed by atoms with Crippen molar-refractivity contribution in [2.45, 2.75) is 13.3 Å². The van der Waals surface area contributed by atoms with Gasteiger partial charge in [0.15, 0.2) is 0 Å². The number of hydrogen-bond donors (Lipinski definition) is 0. The standard InChI is InChI=1S/C18H20Cl2N2O/c1-4-22(2)12-21-18-11-16(19)14(10-17(18)20)9-13-5-7-15(23-3)8-6-13/h5-8,10-12H,4,9H2,1-3H3/b21-12-. The third kappa shape index (κ3) is 4.88. The van der Waals surface area contributed by atoms with Crippen LogP contribution in [0, 0.1) is 0 Å². The smallest absolute Gasteiger partial charge is 0.118 e. The van der Waals surface area contributed by atoms with Crippen molar-refractivity contribution in [3.8, 4) is 5.75 Å². The van der Waals surface area contributed by atoms with Gasteiger partial charge in [-0.2, -0.15) is 0 Å². The Morgan fingerprint density at radius 1 is 1.13 bits per heavy atom. The van der Waals surface area contributed by atoms with Crippen molar-refractivity contribution in [3.63, 3.8) is 0 Å². The number of rotatable bonds is 6. The molecule has 0 aliphatic heterocycles. The minimum atomic E-state index is 0.596. The molecule has 0 aliphatic carbocycles. The van der Waals surface area contributed by atoms with Crippen molar-refractivity contribution < 1.29 is 4.74 Å². The van der Waals surface area contributed by atoms with Gasteiger partial charge in [0.2, 0.25) is 0 Å². The summed E-state index contributed by atoms with van der Waals surface area (Å²) in [5, 5.41) is 1.26. The minimum Gasteiger partial charge on any atom is -0.497 e. The van der Waals surface area contributed by atoms with Crippen molar-refractivity contribution in [2.24, 2.45) is 4.99 Å². The fraction of sp³-hybridized carbons (Fsp3) is 0.278. The predicted molar refractivity (Wildman–Crippen MR) is 98.7 cm³/mol. The van der Waals surface area contributed by atoms with Crippen LogP contribution >= 0.6 is 23.2 Å². The van der Waals surface area contributed by atoms with Gasteiger partial charge < -0.3 is 9.64 Å². The normalized spacial score (nSPS) is 11.0. The summed E-state index contributed by atoms with van der Waals surface area (Å²) in [5.74, 6) is 0.836. The Morgan fingerprint density at radius 3 is 2.43 bits per heavy atom. The maximum atomic E-state index is 6.39. The summed E-state index contributed by atoms with van der Waals surface area (Å²) in [4.78, 5) is 6.34. The van der Waals surface area contributed by atoms with E-state index in [0.29, 0.717) is 22.2 Å². The van der Waals surface area contributed by atoms with Crippen LogP contribution < -0.4 is 4.74 Å². The molecule has 0 saturated carbocycles. The molecule has 0 N–H and O–H groups in total. The Bertz CT molecular complexity index is 684. The van der Waals surface area contributed by atoms with Crippen LogP contribution in [0.3, 0.4) is 0 Å². The number of halogens is 2. The monoisotopic (exact) mass is 350 g/mol. The molecule has 2 aromatic rings. The van der Waals surface area contributed by atoms with Crippen LogP contribution in [0.25, 0.3) is 0 Å². The molecule has 0 radical (unpaired) electrons. The van der Waals surface area contributed by atoms with Crippen LogP contribution in [0.2, 0.25) is 10.0 Å². The van der Waals surface area contributed by atoms with Gasteiger partial charge in [0.05, 0.1) is 24.2 Å². The summed E-state index contributed by atoms with van der Waals surface area (Å²) in [6.07, 6.45) is 2.46. The van der Waals surface area contributed by atoms with E-state index in [0.717, 1.165) is 23.4 Å². The largest absolute Gasteiger partial charge is 0.497 e. The number of hydrogen-bond acceptors (Lipinski definition) is 2. The van der Waals surface area contributed by atoms with Crippen LogP contribution in [-0.4, -0.2) is 31.9 Å². The van der Waals surface area contributed by atoms with Crippen LogP contribution in [0.4, 0.5) is 5.69 Å². The zero-order chi connectivity index (χ0) is 16.8. The Labute approximate surface area is 147 Å². The molecule has 0 spiro atoms. The molecular weight excluding hydrogens is 331 g/mol.